The van der Waals surface area contributed by atoms with Crippen molar-refractivity contribution >= 4 is 146 Å². The molecule has 35 heteroatoms. The molecule has 0 saturated carbocycles. The molecule has 0 aliphatic carbocycles. The van der Waals surface area contributed by atoms with Gasteiger partial charge in [-0.25, -0.2) is 54.8 Å². The number of hydrogen-bond acceptors (Lipinski definition) is 29. The number of aromatic nitrogens is 23. The van der Waals surface area contributed by atoms with Crippen molar-refractivity contribution < 1.29 is 0 Å². The summed E-state index contributed by atoms with van der Waals surface area (Å²) >= 11 is 12.8. The molecule has 0 spiro atoms. The Morgan fingerprint density at radius 1 is 0.288 bits per heavy atom. The molecule has 22 rings (SSSR count). The summed E-state index contributed by atoms with van der Waals surface area (Å²) in [5, 5.41) is 24.9. The lowest BCUT2D eigenvalue weighted by Crippen LogP contribution is -2.28. The molecule has 33 nitrogen and oxygen atoms in total. The summed E-state index contributed by atoms with van der Waals surface area (Å²) in [5.41, 5.74) is 24.6. The smallest absolute Gasteiger partial charge is 0.267 e. The minimum atomic E-state index is -0.442. The maximum absolute atomic E-state index is 14.3. The van der Waals surface area contributed by atoms with Gasteiger partial charge in [-0.3, -0.25) is 57.4 Å². The van der Waals surface area contributed by atoms with Crippen molar-refractivity contribution in [3.63, 3.8) is 0 Å². The zero-order chi connectivity index (χ0) is 96.1. The van der Waals surface area contributed by atoms with Crippen LogP contribution in [0, 0.1) is 20.8 Å². The minimum Gasteiger partial charge on any atom is -0.368 e. The second-order valence-electron chi connectivity index (χ2n) is 32.3. The van der Waals surface area contributed by atoms with E-state index in [9.17, 15) is 19.2 Å². The number of aryl methyl sites for hydroxylation is 3. The number of anilines is 6. The summed E-state index contributed by atoms with van der Waals surface area (Å²) in [6.45, 7) is 13.3. The van der Waals surface area contributed by atoms with E-state index in [1.54, 1.807) is 104 Å². The first-order chi connectivity index (χ1) is 67.6. The predicted octanol–water partition coefficient (Wildman–Crippen LogP) is 18.5. The van der Waals surface area contributed by atoms with Gasteiger partial charge in [-0.05, 0) is 205 Å². The first kappa shape index (κ1) is 90.1. The summed E-state index contributed by atoms with van der Waals surface area (Å²) in [4.78, 5) is 132. The van der Waals surface area contributed by atoms with Gasteiger partial charge in [0.25, 0.3) is 22.2 Å². The van der Waals surface area contributed by atoms with Gasteiger partial charge in [0, 0.05) is 59.7 Å². The SMILES string of the molecule is C[C@H](Nc1nc(N)nc2cccnc12)c1nc2cccc(-c3ccnnc3)c2c(=O)n1-c1ccccc1.C[C@H](Nc1nc(N)nc2cccnc12)c1nc2cccc(Cl)c2c(=O)n1-c1ccccc1.Cc1nc(N[C@@H](C)c2cc3cccc(Cl)c3c(=O)n2-c2ccccc2)c2ncccc2n1.Cc1ncc(-c2cccc3nc([C@H](C)Nc4nc(C)nc5cccnc45)n(-c4ccccc4)c(=O)c23)cn1. The molecule has 139 heavy (non-hydrogen) atoms. The number of rotatable bonds is 18. The molecule has 682 valence electrons. The standard InChI is InChI=1S/C29H24N8O.C27H21N9O.C25H20ClN5O.C23H18ClN7O/c1-17(33-27-26-24(13-8-14-30-26)34-19(3)35-27)28-36-23-12-7-11-22(20-15-31-18(2)32-16-20)25(23)29(38)37(28)21-9-5-4-6-10-21;1-16(32-24-23-21(11-6-13-29-23)34-27(28)35-24)25-33-20-10-5-9-19(17-12-14-30-31-15-17)22(20)26(37)36(25)18-7-3-2-4-8-18;1-15(28-24-23-20(12-7-13-27-23)29-16(2)30-24)21-14-17-8-6-11-19(26)22(17)25(32)31(21)18-9-4-3-5-10-18;1-13(27-20-19-17(11-6-12-26-19)29-23(25)30-20)21-28-16-10-5-9-15(24)18(16)22(32)31(21)14-7-3-2-4-8-14/h4-17H,1-3H3,(H,33,34,35);2-16H,1H3,(H3,28,32,34,35);3-15H,1-2H3,(H,28,29,30);2-13H,1H3,(H3,25,27,29,30)/t17-;16-;15-;13-/m0000/s1. The normalized spacial score (nSPS) is 12.1. The van der Waals surface area contributed by atoms with E-state index < -0.39 is 18.1 Å². The van der Waals surface area contributed by atoms with Crippen LogP contribution in [-0.2, 0) is 0 Å². The molecule has 22 aromatic rings. The van der Waals surface area contributed by atoms with Crippen LogP contribution >= 0.6 is 23.2 Å². The molecule has 0 bridgehead atoms. The third-order valence-electron chi connectivity index (χ3n) is 22.9. The van der Waals surface area contributed by atoms with Gasteiger partial charge in [0.2, 0.25) is 11.9 Å². The Morgan fingerprint density at radius 3 is 1.05 bits per heavy atom. The van der Waals surface area contributed by atoms with E-state index in [4.69, 9.17) is 49.6 Å². The molecule has 0 unspecified atom stereocenters. The molecule has 8 N–H and O–H groups in total. The van der Waals surface area contributed by atoms with Crippen LogP contribution in [0.1, 0.15) is 92.5 Å². The van der Waals surface area contributed by atoms with E-state index in [0.29, 0.717) is 157 Å². The van der Waals surface area contributed by atoms with Gasteiger partial charge in [0.1, 0.15) is 57.0 Å². The van der Waals surface area contributed by atoms with Crippen molar-refractivity contribution in [2.45, 2.75) is 72.6 Å². The Labute approximate surface area is 801 Å². The molecule has 8 aromatic carbocycles. The highest BCUT2D eigenvalue weighted by atomic mass is 35.5. The Balaban J connectivity index is 0.000000119. The summed E-state index contributed by atoms with van der Waals surface area (Å²) in [6.07, 6.45) is 13.5. The zero-order valence-corrected chi connectivity index (χ0v) is 77.0. The average molecular weight is 1870 g/mol. The number of nitrogens with one attached hydrogen (secondary N) is 4. The lowest BCUT2D eigenvalue weighted by atomic mass is 10.0. The van der Waals surface area contributed by atoms with Crippen LogP contribution in [0.5, 0.6) is 0 Å². The van der Waals surface area contributed by atoms with Crippen LogP contribution in [0.15, 0.2) is 324 Å². The molecule has 0 saturated heterocycles. The first-order valence-corrected chi connectivity index (χ1v) is 44.9. The molecular formula is C104H83Cl2N29O4. The lowest BCUT2D eigenvalue weighted by molar-refractivity contribution is 0.731. The van der Waals surface area contributed by atoms with Crippen LogP contribution in [0.3, 0.4) is 0 Å². The van der Waals surface area contributed by atoms with Crippen LogP contribution in [0.25, 0.3) is 133 Å². The average Bonchev–Trinajstić information content (AvgIpc) is 0.731. The highest BCUT2D eigenvalue weighted by Gasteiger charge is 2.28. The van der Waals surface area contributed by atoms with Crippen molar-refractivity contribution in [2.24, 2.45) is 0 Å². The first-order valence-electron chi connectivity index (χ1n) is 44.1. The quantitative estimate of drug-likeness (QED) is 0.0464. The number of hydrogen-bond donors (Lipinski definition) is 6. The van der Waals surface area contributed by atoms with E-state index >= 15 is 0 Å². The Kier molecular flexibility index (Phi) is 25.4. The van der Waals surface area contributed by atoms with E-state index in [1.807, 2.05) is 267 Å². The maximum atomic E-state index is 14.3. The van der Waals surface area contributed by atoms with Gasteiger partial charge in [-0.1, -0.05) is 138 Å². The molecule has 0 amide bonds. The van der Waals surface area contributed by atoms with Gasteiger partial charge in [0.05, 0.1) is 124 Å². The summed E-state index contributed by atoms with van der Waals surface area (Å²) in [7, 11) is 0. The van der Waals surface area contributed by atoms with Gasteiger partial charge in [-0.15, -0.1) is 0 Å². The second-order valence-corrected chi connectivity index (χ2v) is 33.1. The number of fused-ring (bicyclic) bond motifs is 8. The number of para-hydroxylation sites is 4. The van der Waals surface area contributed by atoms with Crippen molar-refractivity contribution in [2.75, 3.05) is 32.7 Å². The third-order valence-corrected chi connectivity index (χ3v) is 23.5. The van der Waals surface area contributed by atoms with Gasteiger partial charge < -0.3 is 32.7 Å². The van der Waals surface area contributed by atoms with Gasteiger partial charge >= 0.3 is 0 Å². The van der Waals surface area contributed by atoms with E-state index in [2.05, 4.69) is 101 Å². The number of pyridine rings is 5. The fraction of sp³-hybridized carbons (Fsp3) is 0.106. The Hall–Kier alpha value is -18.1. The largest absolute Gasteiger partial charge is 0.368 e. The van der Waals surface area contributed by atoms with Gasteiger partial charge in [-0.2, -0.15) is 20.2 Å². The van der Waals surface area contributed by atoms with Gasteiger partial charge in [0.15, 0.2) is 23.3 Å². The molecule has 0 radical (unpaired) electrons. The fourth-order valence-electron chi connectivity index (χ4n) is 16.6. The molecule has 0 fully saturated rings. The van der Waals surface area contributed by atoms with Crippen molar-refractivity contribution in [1.29, 1.82) is 0 Å². The predicted molar refractivity (Wildman–Crippen MR) is 544 cm³/mol. The molecule has 0 aliphatic heterocycles. The monoisotopic (exact) mass is 1870 g/mol. The zero-order valence-electron chi connectivity index (χ0n) is 75.5. The number of nitrogens with two attached hydrogens (primary N) is 2. The molecule has 14 aromatic heterocycles. The van der Waals surface area contributed by atoms with Crippen molar-refractivity contribution in [1.82, 2.24) is 113 Å². The van der Waals surface area contributed by atoms with Crippen LogP contribution in [0.2, 0.25) is 10.0 Å². The van der Waals surface area contributed by atoms with E-state index in [0.717, 1.165) is 50.1 Å². The highest BCUT2D eigenvalue weighted by molar-refractivity contribution is 6.35. The van der Waals surface area contributed by atoms with Crippen LogP contribution < -0.4 is 55.0 Å². The molecule has 4 atom stereocenters. The number of benzene rings is 8. The van der Waals surface area contributed by atoms with Crippen LogP contribution in [-0.4, -0.2) is 113 Å². The molecule has 0 aliphatic rings. The molecular weight excluding hydrogens is 1790 g/mol. The minimum absolute atomic E-state index is 0.123. The highest BCUT2D eigenvalue weighted by Crippen LogP contribution is 2.36. The number of nitrogens with zero attached hydrogens (tertiary/aromatic N) is 23. The number of halogens is 2. The van der Waals surface area contributed by atoms with E-state index in [1.165, 1.54) is 0 Å². The summed E-state index contributed by atoms with van der Waals surface area (Å²) in [6, 6.07) is 76.8. The van der Waals surface area contributed by atoms with Crippen molar-refractivity contribution in [3.8, 4) is 45.0 Å². The molecule has 14 heterocycles. The Morgan fingerprint density at radius 2 is 0.633 bits per heavy atom. The Bertz CT molecular complexity index is 8470. The van der Waals surface area contributed by atoms with E-state index in [-0.39, 0.29) is 40.2 Å². The topological polar surface area (TPSA) is 433 Å². The fourth-order valence-corrected chi connectivity index (χ4v) is 17.2. The summed E-state index contributed by atoms with van der Waals surface area (Å²) < 4.78 is 6.54. The van der Waals surface area contributed by atoms with Crippen LogP contribution in [0.4, 0.5) is 35.2 Å². The lowest BCUT2D eigenvalue weighted by Gasteiger charge is -2.22. The number of nitrogen functional groups attached to an aromatic ring is 2. The summed E-state index contributed by atoms with van der Waals surface area (Å²) in [5.74, 6) is 5.86. The third kappa shape index (κ3) is 18.5. The maximum Gasteiger partial charge on any atom is 0.267 e. The second kappa shape index (κ2) is 39.2. The van der Waals surface area contributed by atoms with Crippen molar-refractivity contribution in [3.05, 3.63) is 396 Å².